The van der Waals surface area contributed by atoms with Crippen molar-refractivity contribution >= 4 is 38.8 Å². The molecule has 0 saturated carbocycles. The van der Waals surface area contributed by atoms with Crippen molar-refractivity contribution in [3.8, 4) is 0 Å². The number of hydrogen-bond donors (Lipinski definition) is 2. The van der Waals surface area contributed by atoms with E-state index in [0.29, 0.717) is 21.8 Å². The lowest BCUT2D eigenvalue weighted by atomic mass is 10.2. The van der Waals surface area contributed by atoms with Crippen LogP contribution in [0.4, 0.5) is 15.8 Å². The number of halogens is 1. The van der Waals surface area contributed by atoms with Gasteiger partial charge in [-0.25, -0.2) is 9.37 Å². The molecule has 1 aromatic carbocycles. The van der Waals surface area contributed by atoms with Gasteiger partial charge >= 0.3 is 0 Å². The van der Waals surface area contributed by atoms with Crippen molar-refractivity contribution in [2.45, 2.75) is 6.92 Å². The van der Waals surface area contributed by atoms with E-state index in [4.69, 9.17) is 5.73 Å². The molecular formula is C15H12FN3OS. The molecule has 2 aromatic heterocycles. The summed E-state index contributed by atoms with van der Waals surface area (Å²) in [6, 6.07) is 7.81. The van der Waals surface area contributed by atoms with Gasteiger partial charge in [-0.05, 0) is 42.8 Å². The van der Waals surface area contributed by atoms with Crippen molar-refractivity contribution in [1.82, 2.24) is 4.98 Å². The highest BCUT2D eigenvalue weighted by Crippen LogP contribution is 2.32. The van der Waals surface area contributed by atoms with Crippen molar-refractivity contribution < 1.29 is 9.18 Å². The summed E-state index contributed by atoms with van der Waals surface area (Å²) in [5.41, 5.74) is 7.64. The lowest BCUT2D eigenvalue weighted by molar-refractivity contribution is 0.103. The number of nitrogens with two attached hydrogens (primary N) is 1. The van der Waals surface area contributed by atoms with Gasteiger partial charge in [0.15, 0.2) is 0 Å². The molecule has 0 saturated heterocycles. The van der Waals surface area contributed by atoms with Crippen LogP contribution in [0.2, 0.25) is 0 Å². The Labute approximate surface area is 124 Å². The minimum Gasteiger partial charge on any atom is -0.397 e. The minimum absolute atomic E-state index is 0.315. The van der Waals surface area contributed by atoms with Crippen molar-refractivity contribution in [1.29, 1.82) is 0 Å². The fourth-order valence-corrected chi connectivity index (χ4v) is 3.02. The second-order valence-corrected chi connectivity index (χ2v) is 5.61. The third-order valence-corrected chi connectivity index (χ3v) is 4.28. The number of carbonyl (C=O) groups excluding carboxylic acids is 1. The molecule has 4 nitrogen and oxygen atoms in total. The smallest absolute Gasteiger partial charge is 0.267 e. The summed E-state index contributed by atoms with van der Waals surface area (Å²) in [5.74, 6) is -0.652. The number of carbonyl (C=O) groups is 1. The van der Waals surface area contributed by atoms with Gasteiger partial charge in [-0.3, -0.25) is 4.79 Å². The van der Waals surface area contributed by atoms with Gasteiger partial charge in [0.2, 0.25) is 0 Å². The quantitative estimate of drug-likeness (QED) is 0.760. The summed E-state index contributed by atoms with van der Waals surface area (Å²) in [4.78, 5) is 17.7. The van der Waals surface area contributed by atoms with Crippen LogP contribution in [0.3, 0.4) is 0 Å². The van der Waals surface area contributed by atoms with Crippen molar-refractivity contribution in [3.63, 3.8) is 0 Å². The molecule has 3 aromatic rings. The number of benzene rings is 1. The molecule has 1 amide bonds. The van der Waals surface area contributed by atoms with E-state index in [-0.39, 0.29) is 11.7 Å². The molecule has 0 unspecified atom stereocenters. The first-order valence-electron chi connectivity index (χ1n) is 6.27. The molecule has 0 aliphatic carbocycles. The van der Waals surface area contributed by atoms with Gasteiger partial charge in [0.05, 0.1) is 5.69 Å². The number of hydrogen-bond acceptors (Lipinski definition) is 4. The SMILES string of the molecule is Cc1cc(F)ccc1NC(=O)c1sc2ncccc2c1N. The molecule has 3 N–H and O–H groups in total. The first-order chi connectivity index (χ1) is 10.1. The maximum atomic E-state index is 13.1. The summed E-state index contributed by atoms with van der Waals surface area (Å²) in [7, 11) is 0. The first kappa shape index (κ1) is 13.5. The van der Waals surface area contributed by atoms with Gasteiger partial charge in [0.1, 0.15) is 15.5 Å². The van der Waals surface area contributed by atoms with Crippen LogP contribution in [0.5, 0.6) is 0 Å². The summed E-state index contributed by atoms with van der Waals surface area (Å²) < 4.78 is 13.1. The normalized spacial score (nSPS) is 10.8. The summed E-state index contributed by atoms with van der Waals surface area (Å²) >= 11 is 1.24. The lowest BCUT2D eigenvalue weighted by Gasteiger charge is -2.07. The van der Waals surface area contributed by atoms with Crippen LogP contribution in [0, 0.1) is 12.7 Å². The van der Waals surface area contributed by atoms with Crippen LogP contribution in [0.15, 0.2) is 36.5 Å². The van der Waals surface area contributed by atoms with Crippen molar-refractivity contribution in [2.75, 3.05) is 11.1 Å². The highest BCUT2D eigenvalue weighted by atomic mass is 32.1. The van der Waals surface area contributed by atoms with Crippen LogP contribution >= 0.6 is 11.3 Å². The van der Waals surface area contributed by atoms with Gasteiger partial charge < -0.3 is 11.1 Å². The third kappa shape index (κ3) is 2.45. The average molecular weight is 301 g/mol. The van der Waals surface area contributed by atoms with E-state index in [0.717, 1.165) is 10.2 Å². The molecule has 0 aliphatic rings. The fraction of sp³-hybridized carbons (Fsp3) is 0.0667. The van der Waals surface area contributed by atoms with Crippen LogP contribution in [-0.2, 0) is 0 Å². The number of rotatable bonds is 2. The molecule has 6 heteroatoms. The largest absolute Gasteiger partial charge is 0.397 e. The highest BCUT2D eigenvalue weighted by molar-refractivity contribution is 7.21. The summed E-state index contributed by atoms with van der Waals surface area (Å²) in [6.07, 6.45) is 1.66. The van der Waals surface area contributed by atoms with Crippen LogP contribution < -0.4 is 11.1 Å². The van der Waals surface area contributed by atoms with E-state index >= 15 is 0 Å². The van der Waals surface area contributed by atoms with E-state index in [1.54, 1.807) is 19.2 Å². The molecule has 2 heterocycles. The Balaban J connectivity index is 1.95. The monoisotopic (exact) mass is 301 g/mol. The predicted octanol–water partition coefficient (Wildman–Crippen LogP) is 3.58. The molecule has 0 atom stereocenters. The Morgan fingerprint density at radius 1 is 1.38 bits per heavy atom. The van der Waals surface area contributed by atoms with Crippen LogP contribution in [0.1, 0.15) is 15.2 Å². The second-order valence-electron chi connectivity index (χ2n) is 4.61. The number of pyridine rings is 1. The Bertz CT molecular complexity index is 844. The molecule has 21 heavy (non-hydrogen) atoms. The molecule has 0 aliphatic heterocycles. The maximum Gasteiger partial charge on any atom is 0.267 e. The molecule has 0 radical (unpaired) electrons. The molecule has 0 spiro atoms. The van der Waals surface area contributed by atoms with Crippen molar-refractivity contribution in [3.05, 3.63) is 52.8 Å². The zero-order valence-electron chi connectivity index (χ0n) is 11.2. The van der Waals surface area contributed by atoms with Gasteiger partial charge in [-0.1, -0.05) is 0 Å². The van der Waals surface area contributed by atoms with Crippen LogP contribution in [-0.4, -0.2) is 10.9 Å². The minimum atomic E-state index is -0.337. The van der Waals surface area contributed by atoms with Crippen molar-refractivity contribution in [2.24, 2.45) is 0 Å². The van der Waals surface area contributed by atoms with E-state index in [1.807, 2.05) is 6.07 Å². The Hall–Kier alpha value is -2.47. The number of thiophene rings is 1. The third-order valence-electron chi connectivity index (χ3n) is 3.15. The number of amides is 1. The number of aryl methyl sites for hydroxylation is 1. The lowest BCUT2D eigenvalue weighted by Crippen LogP contribution is -2.12. The highest BCUT2D eigenvalue weighted by Gasteiger charge is 2.17. The predicted molar refractivity (Wildman–Crippen MR) is 83.1 cm³/mol. The summed E-state index contributed by atoms with van der Waals surface area (Å²) in [5, 5.41) is 3.52. The van der Waals surface area contributed by atoms with Crippen LogP contribution in [0.25, 0.3) is 10.2 Å². The molecule has 0 fully saturated rings. The number of nitrogens with one attached hydrogen (secondary N) is 1. The van der Waals surface area contributed by atoms with Gasteiger partial charge in [0, 0.05) is 17.3 Å². The zero-order chi connectivity index (χ0) is 15.0. The Morgan fingerprint density at radius 3 is 2.90 bits per heavy atom. The molecular weight excluding hydrogens is 289 g/mol. The number of nitrogens with zero attached hydrogens (tertiary/aromatic N) is 1. The standard InChI is InChI=1S/C15H12FN3OS/c1-8-7-9(16)4-5-11(8)19-14(20)13-12(17)10-3-2-6-18-15(10)21-13/h2-7H,17H2,1H3,(H,19,20). The molecule has 106 valence electrons. The number of nitrogen functional groups attached to an aromatic ring is 1. The number of anilines is 2. The molecule has 0 bridgehead atoms. The van der Waals surface area contributed by atoms with Gasteiger partial charge in [-0.15, -0.1) is 11.3 Å². The maximum absolute atomic E-state index is 13.1. The zero-order valence-corrected chi connectivity index (χ0v) is 12.0. The topological polar surface area (TPSA) is 68.0 Å². The van der Waals surface area contributed by atoms with E-state index < -0.39 is 0 Å². The van der Waals surface area contributed by atoms with E-state index in [9.17, 15) is 9.18 Å². The van der Waals surface area contributed by atoms with E-state index in [2.05, 4.69) is 10.3 Å². The average Bonchev–Trinajstić information content (AvgIpc) is 2.80. The van der Waals surface area contributed by atoms with Gasteiger partial charge in [0.25, 0.3) is 5.91 Å². The number of fused-ring (bicyclic) bond motifs is 1. The number of aromatic nitrogens is 1. The first-order valence-corrected chi connectivity index (χ1v) is 7.08. The van der Waals surface area contributed by atoms with Gasteiger partial charge in [-0.2, -0.15) is 0 Å². The van der Waals surface area contributed by atoms with E-state index in [1.165, 1.54) is 29.5 Å². The summed E-state index contributed by atoms with van der Waals surface area (Å²) in [6.45, 7) is 1.73. The molecule has 3 rings (SSSR count). The fourth-order valence-electron chi connectivity index (χ4n) is 2.07. The second kappa shape index (κ2) is 5.14. The Morgan fingerprint density at radius 2 is 2.19 bits per heavy atom. The Kier molecular flexibility index (Phi) is 3.31.